The highest BCUT2D eigenvalue weighted by Crippen LogP contribution is 2.24. The fourth-order valence-electron chi connectivity index (χ4n) is 3.87. The summed E-state index contributed by atoms with van der Waals surface area (Å²) in [5, 5.41) is 5.54. The molecule has 0 atom stereocenters. The van der Waals surface area contributed by atoms with Crippen molar-refractivity contribution in [3.05, 3.63) is 45.6 Å². The van der Waals surface area contributed by atoms with Gasteiger partial charge in [0, 0.05) is 59.9 Å². The number of Topliss-reactive ketones (excluding diaryl/α,β-unsaturated/α-hetero) is 1. The summed E-state index contributed by atoms with van der Waals surface area (Å²) < 4.78 is 27.2. The number of hydrogen-bond acceptors (Lipinski definition) is 6. The first kappa shape index (κ1) is 25.1. The molecule has 2 amide bonds. The monoisotopic (exact) mass is 491 g/mol. The summed E-state index contributed by atoms with van der Waals surface area (Å²) in [6.07, 6.45) is 1.29. The Morgan fingerprint density at radius 3 is 2.24 bits per heavy atom. The maximum absolute atomic E-state index is 12.9. The zero-order chi connectivity index (χ0) is 24.2. The minimum atomic E-state index is -3.65. The summed E-state index contributed by atoms with van der Waals surface area (Å²) >= 11 is 1.57. The van der Waals surface area contributed by atoms with Crippen molar-refractivity contribution in [2.75, 3.05) is 18.4 Å². The largest absolute Gasteiger partial charge is 0.353 e. The van der Waals surface area contributed by atoms with Gasteiger partial charge in [0.25, 0.3) is 0 Å². The van der Waals surface area contributed by atoms with Gasteiger partial charge in [-0.15, -0.1) is 11.3 Å². The summed E-state index contributed by atoms with van der Waals surface area (Å²) in [4.78, 5) is 38.0. The fraction of sp³-hybridized carbons (Fsp3) is 0.435. The van der Waals surface area contributed by atoms with E-state index in [1.807, 2.05) is 19.9 Å². The van der Waals surface area contributed by atoms with Crippen LogP contribution in [0.2, 0.25) is 0 Å². The number of nitrogens with one attached hydrogen (secondary N) is 2. The number of aryl methyl sites for hydroxylation is 2. The summed E-state index contributed by atoms with van der Waals surface area (Å²) in [5.74, 6) is -0.448. The Bertz CT molecular complexity index is 1130. The van der Waals surface area contributed by atoms with Crippen molar-refractivity contribution in [3.63, 3.8) is 0 Å². The highest BCUT2D eigenvalue weighted by molar-refractivity contribution is 7.89. The standard InChI is InChI=1S/C23H29N3O5S2/c1-15-14-21(16(2)32-15)22(28)8-9-23(29)25-19-10-12-26(13-11-19)33(30,31)20-6-4-18(5-7-20)24-17(3)27/h4-7,14,19H,8-13H2,1-3H3,(H,24,27)(H,25,29). The highest BCUT2D eigenvalue weighted by atomic mass is 32.2. The molecule has 0 radical (unpaired) electrons. The van der Waals surface area contributed by atoms with Gasteiger partial charge in [0.1, 0.15) is 0 Å². The van der Waals surface area contributed by atoms with Crippen LogP contribution in [-0.4, -0.2) is 49.5 Å². The predicted octanol–water partition coefficient (Wildman–Crippen LogP) is 3.26. The van der Waals surface area contributed by atoms with Gasteiger partial charge in [0.15, 0.2) is 5.78 Å². The van der Waals surface area contributed by atoms with E-state index in [0.717, 1.165) is 9.75 Å². The summed E-state index contributed by atoms with van der Waals surface area (Å²) in [7, 11) is -3.65. The normalized spacial score (nSPS) is 15.2. The molecule has 2 N–H and O–H groups in total. The van der Waals surface area contributed by atoms with Crippen LogP contribution in [0.4, 0.5) is 5.69 Å². The molecule has 0 aliphatic carbocycles. The SMILES string of the molecule is CC(=O)Nc1ccc(S(=O)(=O)N2CCC(NC(=O)CCC(=O)c3cc(C)sc3C)CC2)cc1. The molecular formula is C23H29N3O5S2. The zero-order valence-electron chi connectivity index (χ0n) is 19.0. The van der Waals surface area contributed by atoms with Crippen molar-refractivity contribution in [2.45, 2.75) is 57.4 Å². The zero-order valence-corrected chi connectivity index (χ0v) is 20.6. The van der Waals surface area contributed by atoms with E-state index in [-0.39, 0.29) is 41.4 Å². The van der Waals surface area contributed by atoms with E-state index in [9.17, 15) is 22.8 Å². The van der Waals surface area contributed by atoms with E-state index < -0.39 is 10.0 Å². The summed E-state index contributed by atoms with van der Waals surface area (Å²) in [5.41, 5.74) is 1.22. The molecule has 0 unspecified atom stereocenters. The van der Waals surface area contributed by atoms with E-state index >= 15 is 0 Å². The van der Waals surface area contributed by atoms with Crippen LogP contribution in [0.15, 0.2) is 35.2 Å². The molecule has 33 heavy (non-hydrogen) atoms. The van der Waals surface area contributed by atoms with E-state index in [1.54, 1.807) is 23.5 Å². The second-order valence-corrected chi connectivity index (χ2v) is 11.6. The van der Waals surface area contributed by atoms with Crippen LogP contribution >= 0.6 is 11.3 Å². The van der Waals surface area contributed by atoms with Gasteiger partial charge in [0.05, 0.1) is 4.90 Å². The average molecular weight is 492 g/mol. The van der Waals surface area contributed by atoms with Gasteiger partial charge < -0.3 is 10.6 Å². The van der Waals surface area contributed by atoms with E-state index in [2.05, 4.69) is 10.6 Å². The van der Waals surface area contributed by atoms with Crippen molar-refractivity contribution < 1.29 is 22.8 Å². The third-order valence-corrected chi connectivity index (χ3v) is 8.43. The van der Waals surface area contributed by atoms with Crippen LogP contribution in [-0.2, 0) is 19.6 Å². The van der Waals surface area contributed by atoms with Crippen LogP contribution in [0.3, 0.4) is 0 Å². The number of anilines is 1. The van der Waals surface area contributed by atoms with Gasteiger partial charge in [-0.2, -0.15) is 4.31 Å². The number of benzene rings is 1. The topological polar surface area (TPSA) is 113 Å². The lowest BCUT2D eigenvalue weighted by atomic mass is 10.0. The number of ketones is 1. The molecule has 2 aromatic rings. The quantitative estimate of drug-likeness (QED) is 0.551. The van der Waals surface area contributed by atoms with Crippen molar-refractivity contribution >= 4 is 44.6 Å². The number of sulfonamides is 1. The van der Waals surface area contributed by atoms with Crippen LogP contribution in [0.25, 0.3) is 0 Å². The Kier molecular flexibility index (Phi) is 8.04. The summed E-state index contributed by atoms with van der Waals surface area (Å²) in [6.45, 7) is 5.84. The number of hydrogen-bond donors (Lipinski definition) is 2. The van der Waals surface area contributed by atoms with Crippen molar-refractivity contribution in [1.82, 2.24) is 9.62 Å². The molecule has 1 aromatic carbocycles. The van der Waals surface area contributed by atoms with Gasteiger partial charge >= 0.3 is 0 Å². The van der Waals surface area contributed by atoms with Crippen molar-refractivity contribution in [1.29, 1.82) is 0 Å². The molecule has 10 heteroatoms. The van der Waals surface area contributed by atoms with E-state index in [4.69, 9.17) is 0 Å². The molecule has 2 heterocycles. The molecular weight excluding hydrogens is 462 g/mol. The lowest BCUT2D eigenvalue weighted by Crippen LogP contribution is -2.46. The Balaban J connectivity index is 1.47. The average Bonchev–Trinajstić information content (AvgIpc) is 3.10. The molecule has 178 valence electrons. The van der Waals surface area contributed by atoms with Gasteiger partial charge in [0.2, 0.25) is 21.8 Å². The number of piperidine rings is 1. The van der Waals surface area contributed by atoms with Crippen LogP contribution in [0.1, 0.15) is 52.7 Å². The maximum Gasteiger partial charge on any atom is 0.243 e. The third-order valence-electron chi connectivity index (χ3n) is 5.55. The van der Waals surface area contributed by atoms with Crippen LogP contribution in [0.5, 0.6) is 0 Å². The number of nitrogens with zero attached hydrogens (tertiary/aromatic N) is 1. The Morgan fingerprint density at radius 2 is 1.70 bits per heavy atom. The van der Waals surface area contributed by atoms with Gasteiger partial charge in [-0.05, 0) is 57.0 Å². The molecule has 0 saturated carbocycles. The second kappa shape index (κ2) is 10.6. The number of rotatable bonds is 8. The van der Waals surface area contributed by atoms with Crippen molar-refractivity contribution in [3.8, 4) is 0 Å². The molecule has 1 aliphatic heterocycles. The number of thiophene rings is 1. The maximum atomic E-state index is 12.9. The first-order chi connectivity index (χ1) is 15.6. The predicted molar refractivity (Wildman–Crippen MR) is 128 cm³/mol. The molecule has 0 bridgehead atoms. The first-order valence-corrected chi connectivity index (χ1v) is 13.1. The Morgan fingerprint density at radius 1 is 1.06 bits per heavy atom. The number of carbonyl (C=O) groups excluding carboxylic acids is 3. The molecule has 1 fully saturated rings. The first-order valence-electron chi connectivity index (χ1n) is 10.8. The molecule has 8 nitrogen and oxygen atoms in total. The van der Waals surface area contributed by atoms with E-state index in [1.165, 1.54) is 23.4 Å². The molecule has 3 rings (SSSR count). The number of amides is 2. The van der Waals surface area contributed by atoms with Crippen molar-refractivity contribution in [2.24, 2.45) is 0 Å². The van der Waals surface area contributed by atoms with E-state index in [0.29, 0.717) is 37.2 Å². The summed E-state index contributed by atoms with van der Waals surface area (Å²) in [6, 6.07) is 7.81. The Hall–Kier alpha value is -2.56. The molecule has 0 spiro atoms. The van der Waals surface area contributed by atoms with Crippen LogP contribution in [0, 0.1) is 13.8 Å². The lowest BCUT2D eigenvalue weighted by Gasteiger charge is -2.31. The molecule has 1 aliphatic rings. The lowest BCUT2D eigenvalue weighted by molar-refractivity contribution is -0.122. The minimum Gasteiger partial charge on any atom is -0.353 e. The van der Waals surface area contributed by atoms with Gasteiger partial charge in [-0.25, -0.2) is 8.42 Å². The van der Waals surface area contributed by atoms with Gasteiger partial charge in [-0.1, -0.05) is 0 Å². The smallest absolute Gasteiger partial charge is 0.243 e. The minimum absolute atomic E-state index is 0.0302. The van der Waals surface area contributed by atoms with Gasteiger partial charge in [-0.3, -0.25) is 14.4 Å². The third kappa shape index (κ3) is 6.49. The highest BCUT2D eigenvalue weighted by Gasteiger charge is 2.30. The fourth-order valence-corrected chi connectivity index (χ4v) is 6.28. The molecule has 1 saturated heterocycles. The van der Waals surface area contributed by atoms with Crippen LogP contribution < -0.4 is 10.6 Å². The Labute approximate surface area is 198 Å². The molecule has 1 aromatic heterocycles. The second-order valence-electron chi connectivity index (χ2n) is 8.20. The number of carbonyl (C=O) groups is 3.